The van der Waals surface area contributed by atoms with Gasteiger partial charge in [-0.2, -0.15) is 0 Å². The third-order valence-electron chi connectivity index (χ3n) is 2.91. The lowest BCUT2D eigenvalue weighted by Gasteiger charge is -2.20. The van der Waals surface area contributed by atoms with E-state index in [9.17, 15) is 0 Å². The summed E-state index contributed by atoms with van der Waals surface area (Å²) in [4.78, 5) is 0. The Kier molecular flexibility index (Phi) is 7.23. The van der Waals surface area contributed by atoms with Gasteiger partial charge in [0.1, 0.15) is 5.75 Å². The molecule has 3 nitrogen and oxygen atoms in total. The molecule has 0 aliphatic carbocycles. The molecule has 1 atom stereocenters. The van der Waals surface area contributed by atoms with Crippen LogP contribution in [0.15, 0.2) is 36.4 Å². The van der Waals surface area contributed by atoms with Crippen molar-refractivity contribution in [3.8, 4) is 5.75 Å². The highest BCUT2D eigenvalue weighted by Crippen LogP contribution is 2.26. The summed E-state index contributed by atoms with van der Waals surface area (Å²) in [5.74, 6) is 0.935. The number of hydrogen-bond acceptors (Lipinski definition) is 3. The van der Waals surface area contributed by atoms with Gasteiger partial charge in [-0.05, 0) is 19.4 Å². The number of rotatable bonds is 9. The summed E-state index contributed by atoms with van der Waals surface area (Å²) in [5.41, 5.74) is 2.25. The molecule has 0 fully saturated rings. The van der Waals surface area contributed by atoms with E-state index in [1.807, 2.05) is 25.1 Å². The van der Waals surface area contributed by atoms with Crippen LogP contribution in [0.3, 0.4) is 0 Å². The fourth-order valence-corrected chi connectivity index (χ4v) is 1.98. The van der Waals surface area contributed by atoms with Gasteiger partial charge in [-0.15, -0.1) is 0 Å². The number of methoxy groups -OCH3 is 1. The number of nitrogens with one attached hydrogen (secondary N) is 1. The van der Waals surface area contributed by atoms with E-state index in [0.29, 0.717) is 19.3 Å². The molecule has 0 aromatic heterocycles. The molecule has 0 amide bonds. The van der Waals surface area contributed by atoms with E-state index in [-0.39, 0.29) is 0 Å². The second-order valence-corrected chi connectivity index (χ2v) is 4.67. The van der Waals surface area contributed by atoms with Gasteiger partial charge in [0.2, 0.25) is 0 Å². The second-order valence-electron chi connectivity index (χ2n) is 4.67. The molecule has 1 rings (SSSR count). The first-order valence-electron chi connectivity index (χ1n) is 6.77. The molecule has 0 radical (unpaired) electrons. The predicted molar refractivity (Wildman–Crippen MR) is 79.7 cm³/mol. The normalized spacial score (nSPS) is 12.2. The molecule has 1 N–H and O–H groups in total. The molecule has 0 heterocycles. The first kappa shape index (κ1) is 15.7. The van der Waals surface area contributed by atoms with Crippen LogP contribution in [-0.2, 0) is 4.74 Å². The first-order valence-corrected chi connectivity index (χ1v) is 6.77. The minimum absolute atomic E-state index is 0.296. The molecule has 106 valence electrons. The van der Waals surface area contributed by atoms with E-state index >= 15 is 0 Å². The Bertz CT molecular complexity index is 390. The van der Waals surface area contributed by atoms with Gasteiger partial charge in [0.25, 0.3) is 0 Å². The Hall–Kier alpha value is -1.32. The average Bonchev–Trinajstić information content (AvgIpc) is 2.42. The van der Waals surface area contributed by atoms with E-state index in [0.717, 1.165) is 24.3 Å². The summed E-state index contributed by atoms with van der Waals surface area (Å²) in [6.07, 6.45) is 1.01. The smallest absolute Gasteiger partial charge is 0.123 e. The van der Waals surface area contributed by atoms with Crippen molar-refractivity contribution in [3.05, 3.63) is 42.0 Å². The van der Waals surface area contributed by atoms with Crippen molar-refractivity contribution >= 4 is 0 Å². The molecular weight excluding hydrogens is 238 g/mol. The van der Waals surface area contributed by atoms with E-state index in [4.69, 9.17) is 9.47 Å². The van der Waals surface area contributed by atoms with Crippen LogP contribution in [0.4, 0.5) is 0 Å². The Balaban J connectivity index is 2.46. The van der Waals surface area contributed by atoms with Crippen molar-refractivity contribution in [3.63, 3.8) is 0 Å². The van der Waals surface area contributed by atoms with Crippen molar-refractivity contribution in [1.82, 2.24) is 5.32 Å². The Morgan fingerprint density at radius 1 is 1.37 bits per heavy atom. The molecule has 1 aromatic carbocycles. The first-order chi connectivity index (χ1) is 9.19. The highest BCUT2D eigenvalue weighted by atomic mass is 16.5. The average molecular weight is 263 g/mol. The van der Waals surface area contributed by atoms with Crippen molar-refractivity contribution in [2.24, 2.45) is 0 Å². The Morgan fingerprint density at radius 2 is 2.11 bits per heavy atom. The third-order valence-corrected chi connectivity index (χ3v) is 2.91. The van der Waals surface area contributed by atoms with Gasteiger partial charge in [0.05, 0.1) is 20.3 Å². The standard InChI is InChI=1S/C16H25NO2/c1-5-15(17-10-11-19-12-13(2)3)14-8-6-7-9-16(14)18-4/h6-9,15,17H,2,5,10-12H2,1,3-4H3. The van der Waals surface area contributed by atoms with Crippen molar-refractivity contribution in [2.75, 3.05) is 26.9 Å². The molecule has 0 bridgehead atoms. The van der Waals surface area contributed by atoms with Crippen molar-refractivity contribution in [1.29, 1.82) is 0 Å². The fourth-order valence-electron chi connectivity index (χ4n) is 1.98. The van der Waals surface area contributed by atoms with E-state index < -0.39 is 0 Å². The largest absolute Gasteiger partial charge is 0.496 e. The molecule has 0 saturated heterocycles. The fraction of sp³-hybridized carbons (Fsp3) is 0.500. The molecule has 0 aliphatic rings. The lowest BCUT2D eigenvalue weighted by molar-refractivity contribution is 0.155. The van der Waals surface area contributed by atoms with Gasteiger partial charge in [-0.1, -0.05) is 37.3 Å². The van der Waals surface area contributed by atoms with Gasteiger partial charge < -0.3 is 14.8 Å². The summed E-state index contributed by atoms with van der Waals surface area (Å²) in [7, 11) is 1.71. The minimum Gasteiger partial charge on any atom is -0.496 e. The van der Waals surface area contributed by atoms with Crippen LogP contribution in [0, 0.1) is 0 Å². The number of hydrogen-bond donors (Lipinski definition) is 1. The van der Waals surface area contributed by atoms with Crippen molar-refractivity contribution in [2.45, 2.75) is 26.3 Å². The molecule has 0 aliphatic heterocycles. The van der Waals surface area contributed by atoms with Crippen LogP contribution in [0.1, 0.15) is 31.9 Å². The second kappa shape index (κ2) is 8.73. The van der Waals surface area contributed by atoms with Crippen LogP contribution in [0.2, 0.25) is 0 Å². The minimum atomic E-state index is 0.296. The van der Waals surface area contributed by atoms with Crippen molar-refractivity contribution < 1.29 is 9.47 Å². The van der Waals surface area contributed by atoms with Crippen LogP contribution < -0.4 is 10.1 Å². The van der Waals surface area contributed by atoms with Gasteiger partial charge in [0.15, 0.2) is 0 Å². The molecule has 3 heteroatoms. The van der Waals surface area contributed by atoms with E-state index in [2.05, 4.69) is 24.9 Å². The summed E-state index contributed by atoms with van der Waals surface area (Å²) in [5, 5.41) is 3.50. The lowest BCUT2D eigenvalue weighted by Crippen LogP contribution is -2.25. The summed E-state index contributed by atoms with van der Waals surface area (Å²) in [6.45, 7) is 10.1. The van der Waals surface area contributed by atoms with Crippen LogP contribution >= 0.6 is 0 Å². The summed E-state index contributed by atoms with van der Waals surface area (Å²) < 4.78 is 10.9. The maximum absolute atomic E-state index is 5.49. The zero-order chi connectivity index (χ0) is 14.1. The van der Waals surface area contributed by atoms with E-state index in [1.165, 1.54) is 5.56 Å². The van der Waals surface area contributed by atoms with Gasteiger partial charge in [0, 0.05) is 18.2 Å². The number of para-hydroxylation sites is 1. The molecule has 19 heavy (non-hydrogen) atoms. The van der Waals surface area contributed by atoms with Gasteiger partial charge in [-0.25, -0.2) is 0 Å². The summed E-state index contributed by atoms with van der Waals surface area (Å²) in [6, 6.07) is 8.43. The monoisotopic (exact) mass is 263 g/mol. The van der Waals surface area contributed by atoms with Crippen LogP contribution in [0.5, 0.6) is 5.75 Å². The SMILES string of the molecule is C=C(C)COCCNC(CC)c1ccccc1OC. The molecular formula is C16H25NO2. The molecule has 0 saturated carbocycles. The highest BCUT2D eigenvalue weighted by Gasteiger charge is 2.12. The zero-order valence-electron chi connectivity index (χ0n) is 12.2. The van der Waals surface area contributed by atoms with Gasteiger partial charge >= 0.3 is 0 Å². The lowest BCUT2D eigenvalue weighted by atomic mass is 10.0. The summed E-state index contributed by atoms with van der Waals surface area (Å²) >= 11 is 0. The Morgan fingerprint density at radius 3 is 2.74 bits per heavy atom. The molecule has 1 unspecified atom stereocenters. The highest BCUT2D eigenvalue weighted by molar-refractivity contribution is 5.35. The van der Waals surface area contributed by atoms with Crippen LogP contribution in [-0.4, -0.2) is 26.9 Å². The van der Waals surface area contributed by atoms with Gasteiger partial charge in [-0.3, -0.25) is 0 Å². The topological polar surface area (TPSA) is 30.5 Å². The predicted octanol–water partition coefficient (Wildman–Crippen LogP) is 3.33. The maximum atomic E-state index is 5.49. The Labute approximate surface area is 116 Å². The maximum Gasteiger partial charge on any atom is 0.123 e. The molecule has 0 spiro atoms. The quantitative estimate of drug-likeness (QED) is 0.547. The van der Waals surface area contributed by atoms with E-state index in [1.54, 1.807) is 7.11 Å². The molecule has 1 aromatic rings. The third kappa shape index (κ3) is 5.45. The number of benzene rings is 1. The zero-order valence-corrected chi connectivity index (χ0v) is 12.2. The number of ether oxygens (including phenoxy) is 2. The van der Waals surface area contributed by atoms with Crippen LogP contribution in [0.25, 0.3) is 0 Å².